The fraction of sp³-hybridized carbons (Fsp3) is 0.722. The number of esters is 3. The molecule has 0 bridgehead atoms. The summed E-state index contributed by atoms with van der Waals surface area (Å²) >= 11 is 0. The van der Waals surface area contributed by atoms with Crippen LogP contribution >= 0.6 is 0 Å². The van der Waals surface area contributed by atoms with E-state index in [4.69, 9.17) is 14.2 Å². The molecular formula is C54H92O6. The second kappa shape index (κ2) is 48.5. The largest absolute Gasteiger partial charge is 0.462 e. The van der Waals surface area contributed by atoms with Crippen LogP contribution in [-0.4, -0.2) is 37.2 Å². The number of rotatable bonds is 44. The lowest BCUT2D eigenvalue weighted by Crippen LogP contribution is -2.30. The third-order valence-electron chi connectivity index (χ3n) is 10.6. The molecule has 0 saturated carbocycles. The minimum Gasteiger partial charge on any atom is -0.462 e. The van der Waals surface area contributed by atoms with Crippen LogP contribution < -0.4 is 0 Å². The van der Waals surface area contributed by atoms with E-state index >= 15 is 0 Å². The maximum Gasteiger partial charge on any atom is 0.306 e. The fourth-order valence-electron chi connectivity index (χ4n) is 6.81. The molecule has 0 aliphatic heterocycles. The predicted molar refractivity (Wildman–Crippen MR) is 256 cm³/mol. The highest BCUT2D eigenvalue weighted by molar-refractivity contribution is 5.71. The van der Waals surface area contributed by atoms with Gasteiger partial charge in [-0.2, -0.15) is 0 Å². The Kier molecular flexibility index (Phi) is 46.0. The Morgan fingerprint density at radius 2 is 0.667 bits per heavy atom. The van der Waals surface area contributed by atoms with E-state index in [1.54, 1.807) is 0 Å². The molecule has 0 spiro atoms. The summed E-state index contributed by atoms with van der Waals surface area (Å²) in [5.74, 6) is -0.942. The van der Waals surface area contributed by atoms with Crippen molar-refractivity contribution in [3.63, 3.8) is 0 Å². The first-order valence-corrected chi connectivity index (χ1v) is 25.0. The van der Waals surface area contributed by atoms with Gasteiger partial charge in [0.2, 0.25) is 0 Å². The van der Waals surface area contributed by atoms with Crippen LogP contribution in [0.5, 0.6) is 0 Å². The zero-order valence-electron chi connectivity index (χ0n) is 39.2. The molecule has 0 N–H and O–H groups in total. The van der Waals surface area contributed by atoms with Crippen molar-refractivity contribution in [2.45, 2.75) is 239 Å². The summed E-state index contributed by atoms with van der Waals surface area (Å²) in [7, 11) is 0. The summed E-state index contributed by atoms with van der Waals surface area (Å²) in [5, 5.41) is 0. The van der Waals surface area contributed by atoms with Gasteiger partial charge in [-0.1, -0.05) is 222 Å². The molecule has 6 heteroatoms. The van der Waals surface area contributed by atoms with Crippen LogP contribution in [0.4, 0.5) is 0 Å². The third kappa shape index (κ3) is 45.9. The molecule has 0 amide bonds. The van der Waals surface area contributed by atoms with E-state index in [-0.39, 0.29) is 31.1 Å². The zero-order chi connectivity index (χ0) is 43.7. The van der Waals surface area contributed by atoms with Gasteiger partial charge in [0.05, 0.1) is 0 Å². The quantitative estimate of drug-likeness (QED) is 0.0200. The van der Waals surface area contributed by atoms with Crippen molar-refractivity contribution in [1.29, 1.82) is 0 Å². The van der Waals surface area contributed by atoms with Gasteiger partial charge in [0, 0.05) is 19.3 Å². The Morgan fingerprint density at radius 1 is 0.350 bits per heavy atom. The molecule has 1 unspecified atom stereocenters. The highest BCUT2D eigenvalue weighted by Gasteiger charge is 2.19. The number of unbranched alkanes of at least 4 members (excludes halogenated alkanes) is 25. The van der Waals surface area contributed by atoms with Gasteiger partial charge in [0.1, 0.15) is 13.2 Å². The Bertz CT molecular complexity index is 1140. The molecular weight excluding hydrogens is 745 g/mol. The number of ether oxygens (including phenoxy) is 3. The van der Waals surface area contributed by atoms with Gasteiger partial charge in [0.25, 0.3) is 0 Å². The van der Waals surface area contributed by atoms with Crippen LogP contribution in [0.3, 0.4) is 0 Å². The van der Waals surface area contributed by atoms with E-state index < -0.39 is 6.10 Å². The van der Waals surface area contributed by atoms with Gasteiger partial charge < -0.3 is 14.2 Å². The van der Waals surface area contributed by atoms with Gasteiger partial charge in [-0.25, -0.2) is 0 Å². The molecule has 1 atom stereocenters. The van der Waals surface area contributed by atoms with Crippen molar-refractivity contribution >= 4 is 17.9 Å². The summed E-state index contributed by atoms with van der Waals surface area (Å²) in [6.45, 7) is 6.43. The number of carbonyl (C=O) groups excluding carboxylic acids is 3. The molecule has 0 aromatic heterocycles. The second-order valence-corrected chi connectivity index (χ2v) is 16.5. The number of hydrogen-bond donors (Lipinski definition) is 0. The Balaban J connectivity index is 4.46. The minimum atomic E-state index is -0.793. The molecule has 0 rings (SSSR count). The van der Waals surface area contributed by atoms with Crippen LogP contribution in [0.15, 0.2) is 72.9 Å². The van der Waals surface area contributed by atoms with E-state index in [9.17, 15) is 14.4 Å². The average molecular weight is 837 g/mol. The molecule has 0 aliphatic rings. The van der Waals surface area contributed by atoms with Crippen molar-refractivity contribution in [1.82, 2.24) is 0 Å². The smallest absolute Gasteiger partial charge is 0.306 e. The van der Waals surface area contributed by atoms with Gasteiger partial charge in [0.15, 0.2) is 6.10 Å². The van der Waals surface area contributed by atoms with E-state index in [1.165, 1.54) is 116 Å². The topological polar surface area (TPSA) is 78.9 Å². The number of hydrogen-bond acceptors (Lipinski definition) is 6. The Hall–Kier alpha value is -3.15. The molecule has 0 saturated heterocycles. The fourth-order valence-corrected chi connectivity index (χ4v) is 6.81. The summed E-state index contributed by atoms with van der Waals surface area (Å²) in [6, 6.07) is 0. The van der Waals surface area contributed by atoms with Crippen molar-refractivity contribution < 1.29 is 28.6 Å². The highest BCUT2D eigenvalue weighted by atomic mass is 16.6. The maximum absolute atomic E-state index is 12.8. The summed E-state index contributed by atoms with van der Waals surface area (Å²) < 4.78 is 16.7. The van der Waals surface area contributed by atoms with Gasteiger partial charge in [-0.15, -0.1) is 0 Å². The molecule has 0 aromatic carbocycles. The first-order valence-electron chi connectivity index (χ1n) is 25.0. The highest BCUT2D eigenvalue weighted by Crippen LogP contribution is 2.15. The molecule has 0 heterocycles. The first kappa shape index (κ1) is 56.9. The van der Waals surface area contributed by atoms with Crippen LogP contribution in [0.1, 0.15) is 233 Å². The Labute approximate surface area is 370 Å². The van der Waals surface area contributed by atoms with Crippen molar-refractivity contribution in [3.05, 3.63) is 72.9 Å². The third-order valence-corrected chi connectivity index (χ3v) is 10.6. The molecule has 6 nitrogen and oxygen atoms in total. The van der Waals surface area contributed by atoms with Crippen LogP contribution in [-0.2, 0) is 28.6 Å². The van der Waals surface area contributed by atoms with E-state index in [0.717, 1.165) is 77.0 Å². The van der Waals surface area contributed by atoms with Gasteiger partial charge >= 0.3 is 17.9 Å². The first-order chi connectivity index (χ1) is 29.5. The lowest BCUT2D eigenvalue weighted by atomic mass is 10.0. The molecule has 0 aliphatic carbocycles. The van der Waals surface area contributed by atoms with E-state index in [0.29, 0.717) is 19.3 Å². The molecule has 0 fully saturated rings. The normalized spacial score (nSPS) is 12.7. The van der Waals surface area contributed by atoms with E-state index in [2.05, 4.69) is 45.1 Å². The molecule has 344 valence electrons. The second-order valence-electron chi connectivity index (χ2n) is 16.5. The minimum absolute atomic E-state index is 0.0924. The predicted octanol–water partition coefficient (Wildman–Crippen LogP) is 16.3. The zero-order valence-corrected chi connectivity index (χ0v) is 39.2. The Morgan fingerprint density at radius 3 is 1.12 bits per heavy atom. The number of allylic oxidation sites excluding steroid dienone is 12. The van der Waals surface area contributed by atoms with Crippen LogP contribution in [0, 0.1) is 0 Å². The lowest BCUT2D eigenvalue weighted by molar-refractivity contribution is -0.167. The molecule has 0 aromatic rings. The SMILES string of the molecule is CC\C=C/C=C\C=C/C=C\C=C/CCCCCC(=O)OCC(COC(=O)CCCCCCC/C=C\CCCCC)OC(=O)CCCCCCCCCCCCCCCCC. The molecule has 0 radical (unpaired) electrons. The number of carbonyl (C=O) groups is 3. The van der Waals surface area contributed by atoms with Crippen LogP contribution in [0.2, 0.25) is 0 Å². The van der Waals surface area contributed by atoms with Crippen LogP contribution in [0.25, 0.3) is 0 Å². The monoisotopic (exact) mass is 837 g/mol. The van der Waals surface area contributed by atoms with E-state index in [1.807, 2.05) is 48.6 Å². The summed E-state index contributed by atoms with van der Waals surface area (Å²) in [5.41, 5.74) is 0. The van der Waals surface area contributed by atoms with Gasteiger partial charge in [-0.3, -0.25) is 14.4 Å². The average Bonchev–Trinajstić information content (AvgIpc) is 3.24. The van der Waals surface area contributed by atoms with Crippen molar-refractivity contribution in [2.75, 3.05) is 13.2 Å². The summed E-state index contributed by atoms with van der Waals surface area (Å²) in [4.78, 5) is 37.9. The van der Waals surface area contributed by atoms with Crippen molar-refractivity contribution in [3.8, 4) is 0 Å². The van der Waals surface area contributed by atoms with Crippen molar-refractivity contribution in [2.24, 2.45) is 0 Å². The standard InChI is InChI=1S/C54H92O6/c1-4-7-10-13-16-19-22-25-27-29-32-35-38-41-44-47-53(56)59-50-51(49-58-52(55)46-43-40-37-34-31-24-21-18-15-12-9-6-3)60-54(57)48-45-42-39-36-33-30-28-26-23-20-17-14-11-8-5-2/h7,10,13,16,18-19,21-22,25,27,29,32,51H,4-6,8-9,11-12,14-15,17,20,23-24,26,28,30-31,33-50H2,1-3H3/b10-7-,16-13-,21-18-,22-19-,27-25-,32-29-. The summed E-state index contributed by atoms with van der Waals surface area (Å²) in [6.07, 6.45) is 60.2. The molecule has 60 heavy (non-hydrogen) atoms. The lowest BCUT2D eigenvalue weighted by Gasteiger charge is -2.18. The van der Waals surface area contributed by atoms with Gasteiger partial charge in [-0.05, 0) is 64.2 Å². The maximum atomic E-state index is 12.8.